The first-order valence-electron chi connectivity index (χ1n) is 15.2. The summed E-state index contributed by atoms with van der Waals surface area (Å²) in [7, 11) is 3.43. The SMILES string of the molecule is CNN(CC(C)(C)O)c1ccc(-c2sc(C(=O)N3CCC[C@@H](N(C)C(=O)OC(C)(C)C)C3)cc2-c2ccc(C#N)c(F)c2)cc1N. The van der Waals surface area contributed by atoms with Crippen molar-refractivity contribution >= 4 is 34.7 Å². The third-order valence-corrected chi connectivity index (χ3v) is 8.82. The highest BCUT2D eigenvalue weighted by molar-refractivity contribution is 7.18. The summed E-state index contributed by atoms with van der Waals surface area (Å²) in [5.74, 6) is -0.842. The normalized spacial score (nSPS) is 15.3. The van der Waals surface area contributed by atoms with E-state index in [2.05, 4.69) is 5.43 Å². The summed E-state index contributed by atoms with van der Waals surface area (Å²) in [5, 5.41) is 21.4. The van der Waals surface area contributed by atoms with Crippen LogP contribution in [0.2, 0.25) is 0 Å². The number of nitrogens with two attached hydrogens (primary N) is 1. The quantitative estimate of drug-likeness (QED) is 0.204. The van der Waals surface area contributed by atoms with Crippen LogP contribution in [-0.4, -0.2) is 77.9 Å². The zero-order valence-corrected chi connectivity index (χ0v) is 28.3. The van der Waals surface area contributed by atoms with Gasteiger partial charge in [0.2, 0.25) is 0 Å². The fourth-order valence-electron chi connectivity index (χ4n) is 5.41. The predicted molar refractivity (Wildman–Crippen MR) is 180 cm³/mol. The van der Waals surface area contributed by atoms with Crippen LogP contribution in [0.25, 0.3) is 21.6 Å². The molecule has 0 saturated carbocycles. The van der Waals surface area contributed by atoms with Gasteiger partial charge in [0, 0.05) is 37.6 Å². The van der Waals surface area contributed by atoms with Gasteiger partial charge in [-0.2, -0.15) is 5.26 Å². The highest BCUT2D eigenvalue weighted by Crippen LogP contribution is 2.42. The molecule has 2 heterocycles. The molecule has 4 rings (SSSR count). The topological polar surface area (TPSA) is 135 Å². The second-order valence-corrected chi connectivity index (χ2v) is 14.2. The minimum Gasteiger partial charge on any atom is -0.444 e. The van der Waals surface area contributed by atoms with Crippen LogP contribution in [-0.2, 0) is 4.74 Å². The van der Waals surface area contributed by atoms with E-state index in [1.807, 2.05) is 39.0 Å². The first-order chi connectivity index (χ1) is 21.5. The molecule has 0 aliphatic carbocycles. The highest BCUT2D eigenvalue weighted by Gasteiger charge is 2.32. The van der Waals surface area contributed by atoms with Crippen LogP contribution in [0.15, 0.2) is 42.5 Å². The van der Waals surface area contributed by atoms with Gasteiger partial charge in [0.1, 0.15) is 17.5 Å². The van der Waals surface area contributed by atoms with Crippen LogP contribution in [0.5, 0.6) is 0 Å². The van der Waals surface area contributed by atoms with Crippen molar-refractivity contribution in [3.05, 3.63) is 58.7 Å². The van der Waals surface area contributed by atoms with E-state index in [0.29, 0.717) is 45.3 Å². The van der Waals surface area contributed by atoms with E-state index in [-0.39, 0.29) is 24.1 Å². The van der Waals surface area contributed by atoms with Crippen LogP contribution in [0.1, 0.15) is 62.7 Å². The number of hydrazine groups is 1. The van der Waals surface area contributed by atoms with E-state index in [4.69, 9.17) is 10.5 Å². The molecule has 12 heteroatoms. The molecule has 3 aromatic rings. The number of ether oxygens (including phenoxy) is 1. The van der Waals surface area contributed by atoms with E-state index in [1.54, 1.807) is 61.0 Å². The number of amides is 2. The smallest absolute Gasteiger partial charge is 0.410 e. The molecule has 0 bridgehead atoms. The molecule has 0 unspecified atom stereocenters. The van der Waals surface area contributed by atoms with Crippen molar-refractivity contribution in [2.24, 2.45) is 0 Å². The van der Waals surface area contributed by atoms with Crippen molar-refractivity contribution in [1.82, 2.24) is 15.2 Å². The Bertz CT molecular complexity index is 1640. The van der Waals surface area contributed by atoms with Gasteiger partial charge in [-0.3, -0.25) is 4.79 Å². The van der Waals surface area contributed by atoms with Crippen LogP contribution in [0.4, 0.5) is 20.6 Å². The lowest BCUT2D eigenvalue weighted by Gasteiger charge is -2.38. The lowest BCUT2D eigenvalue weighted by atomic mass is 9.99. The number of rotatable bonds is 8. The van der Waals surface area contributed by atoms with Gasteiger partial charge in [-0.1, -0.05) is 12.1 Å². The minimum absolute atomic E-state index is 0.0714. The molecular weight excluding hydrogens is 607 g/mol. The number of carbonyl (C=O) groups is 2. The van der Waals surface area contributed by atoms with E-state index < -0.39 is 23.1 Å². The molecule has 1 saturated heterocycles. The average molecular weight is 651 g/mol. The zero-order chi connectivity index (χ0) is 34.0. The molecule has 4 N–H and O–H groups in total. The average Bonchev–Trinajstić information content (AvgIpc) is 3.43. The number of hydrogen-bond donors (Lipinski definition) is 3. The second-order valence-electron chi connectivity index (χ2n) is 13.2. The molecule has 0 spiro atoms. The number of nitrogens with zero attached hydrogens (tertiary/aromatic N) is 4. The largest absolute Gasteiger partial charge is 0.444 e. The Balaban J connectivity index is 1.71. The Morgan fingerprint density at radius 1 is 1.17 bits per heavy atom. The Hall–Kier alpha value is -4.18. The van der Waals surface area contributed by atoms with E-state index in [1.165, 1.54) is 23.5 Å². The van der Waals surface area contributed by atoms with Gasteiger partial charge in [0.05, 0.1) is 40.0 Å². The van der Waals surface area contributed by atoms with Gasteiger partial charge in [0.15, 0.2) is 0 Å². The maximum absolute atomic E-state index is 14.8. The summed E-state index contributed by atoms with van der Waals surface area (Å²) in [6.07, 6.45) is 1.03. The molecule has 1 fully saturated rings. The summed E-state index contributed by atoms with van der Waals surface area (Å²) in [6.45, 7) is 10.0. The Morgan fingerprint density at radius 3 is 2.46 bits per heavy atom. The molecule has 46 heavy (non-hydrogen) atoms. The molecule has 2 amide bonds. The minimum atomic E-state index is -0.987. The van der Waals surface area contributed by atoms with Crippen molar-refractivity contribution < 1.29 is 23.8 Å². The zero-order valence-electron chi connectivity index (χ0n) is 27.5. The number of nitriles is 1. The number of likely N-dealkylation sites (tertiary alicyclic amines) is 1. The van der Waals surface area contributed by atoms with Crippen molar-refractivity contribution in [3.8, 4) is 27.6 Å². The van der Waals surface area contributed by atoms with Gasteiger partial charge in [-0.15, -0.1) is 11.3 Å². The number of carbonyl (C=O) groups excluding carboxylic acids is 2. The third kappa shape index (κ3) is 8.15. The van der Waals surface area contributed by atoms with Crippen molar-refractivity contribution in [3.63, 3.8) is 0 Å². The molecule has 2 aromatic carbocycles. The van der Waals surface area contributed by atoms with E-state index >= 15 is 0 Å². The number of benzene rings is 2. The number of halogens is 1. The fraction of sp³-hybridized carbons (Fsp3) is 0.441. The maximum Gasteiger partial charge on any atom is 0.410 e. The van der Waals surface area contributed by atoms with Crippen LogP contribution >= 0.6 is 11.3 Å². The number of thiophene rings is 1. The van der Waals surface area contributed by atoms with Gasteiger partial charge in [0.25, 0.3) is 5.91 Å². The third-order valence-electron chi connectivity index (χ3n) is 7.65. The second kappa shape index (κ2) is 13.7. The predicted octanol–water partition coefficient (Wildman–Crippen LogP) is 5.86. The van der Waals surface area contributed by atoms with Crippen LogP contribution in [0, 0.1) is 17.1 Å². The van der Waals surface area contributed by atoms with Gasteiger partial charge in [-0.25, -0.2) is 14.6 Å². The van der Waals surface area contributed by atoms with Crippen molar-refractivity contribution in [1.29, 1.82) is 5.26 Å². The number of anilines is 2. The number of nitrogen functional groups attached to an aromatic ring is 1. The highest BCUT2D eigenvalue weighted by atomic mass is 32.1. The van der Waals surface area contributed by atoms with E-state index in [0.717, 1.165) is 18.4 Å². The van der Waals surface area contributed by atoms with Crippen molar-refractivity contribution in [2.45, 2.75) is 64.7 Å². The summed E-state index contributed by atoms with van der Waals surface area (Å²) in [6, 6.07) is 13.3. The molecule has 0 radical (unpaired) electrons. The lowest BCUT2D eigenvalue weighted by molar-refractivity contribution is 0.0132. The Labute approximate surface area is 274 Å². The lowest BCUT2D eigenvalue weighted by Crippen LogP contribution is -2.51. The summed E-state index contributed by atoms with van der Waals surface area (Å²) >= 11 is 1.28. The van der Waals surface area contributed by atoms with Gasteiger partial charge < -0.3 is 30.4 Å². The number of piperidine rings is 1. The summed E-state index contributed by atoms with van der Waals surface area (Å²) in [4.78, 5) is 31.2. The van der Waals surface area contributed by atoms with Gasteiger partial charge >= 0.3 is 6.09 Å². The molecule has 1 atom stereocenters. The number of aliphatic hydroxyl groups is 1. The standard InChI is InChI=1S/C34H43FN6O4S/c1-33(2,3)45-32(43)39(7)24-9-8-14-40(19-24)31(42)29-17-25(21-10-11-23(18-36)26(35)15-21)30(46-29)22-12-13-28(27(37)16-22)41(38-6)20-34(4,5)44/h10-13,15-17,24,38,44H,8-9,14,19-20,37H2,1-7H3/t24-/m1/s1. The van der Waals surface area contributed by atoms with Gasteiger partial charge in [-0.05, 0) is 88.9 Å². The molecule has 1 aromatic heterocycles. The summed E-state index contributed by atoms with van der Waals surface area (Å²) in [5.41, 5.74) is 10.9. The molecule has 246 valence electrons. The molecule has 1 aliphatic heterocycles. The van der Waals surface area contributed by atoms with E-state index in [9.17, 15) is 24.3 Å². The summed E-state index contributed by atoms with van der Waals surface area (Å²) < 4.78 is 20.3. The monoisotopic (exact) mass is 650 g/mol. The first-order valence-corrected chi connectivity index (χ1v) is 16.0. The maximum atomic E-state index is 14.8. The Kier molecular flexibility index (Phi) is 10.3. The molecular formula is C34H43FN6O4S. The number of nitrogens with one attached hydrogen (secondary N) is 1. The molecule has 1 aliphatic rings. The first kappa shape index (κ1) is 34.7. The van der Waals surface area contributed by atoms with Crippen LogP contribution < -0.4 is 16.2 Å². The Morgan fingerprint density at radius 2 is 1.87 bits per heavy atom. The molecule has 10 nitrogen and oxygen atoms in total. The number of hydrogen-bond acceptors (Lipinski definition) is 9. The number of likely N-dealkylation sites (N-methyl/N-ethyl adjacent to an activating group) is 1. The fourth-order valence-corrected chi connectivity index (χ4v) is 6.55. The van der Waals surface area contributed by atoms with Crippen molar-refractivity contribution in [2.75, 3.05) is 44.5 Å². The van der Waals surface area contributed by atoms with Crippen LogP contribution in [0.3, 0.4) is 0 Å².